The van der Waals surface area contributed by atoms with Crippen molar-refractivity contribution >= 4 is 39.0 Å². The molecule has 3 aliphatic carbocycles. The standard InChI is InChI=1S/C55H43NO/c1-3-14-38(15-4-1)39-26-32-43(33-27-39)56(44-34-28-40(29-35-44)46-21-13-22-50-49-20-9-12-25-53(49)57-54(46)50)45-36-30-42(31-37-45)55(41-16-5-2-6-17-41)51-23-10-7-18-47(51)48-19-8-11-24-52(48)55/h1-7,9-16,18,20-37,41,48,52H,8,17,19H2. The number of anilines is 3. The number of nitrogens with zero attached hydrogens (tertiary/aromatic N) is 1. The van der Waals surface area contributed by atoms with Crippen molar-refractivity contribution in [3.05, 3.63) is 223 Å². The molecule has 7 aromatic carbocycles. The van der Waals surface area contributed by atoms with E-state index in [0.717, 1.165) is 63.0 Å². The summed E-state index contributed by atoms with van der Waals surface area (Å²) in [6.07, 6.45) is 17.7. The lowest BCUT2D eigenvalue weighted by molar-refractivity contribution is 0.275. The number of allylic oxidation sites excluding steroid dienone is 6. The number of hydrogen-bond donors (Lipinski definition) is 0. The largest absolute Gasteiger partial charge is 0.455 e. The van der Waals surface area contributed by atoms with Gasteiger partial charge in [-0.1, -0.05) is 164 Å². The molecule has 0 saturated carbocycles. The van der Waals surface area contributed by atoms with Crippen molar-refractivity contribution in [2.75, 3.05) is 4.90 Å². The van der Waals surface area contributed by atoms with Crippen molar-refractivity contribution in [3.8, 4) is 22.3 Å². The summed E-state index contributed by atoms with van der Waals surface area (Å²) in [6.45, 7) is 0. The molecular weight excluding hydrogens is 691 g/mol. The molecule has 3 aliphatic rings. The zero-order valence-electron chi connectivity index (χ0n) is 31.8. The van der Waals surface area contributed by atoms with E-state index in [1.54, 1.807) is 0 Å². The molecule has 1 aromatic heterocycles. The van der Waals surface area contributed by atoms with E-state index < -0.39 is 0 Å². The van der Waals surface area contributed by atoms with Crippen LogP contribution in [0.25, 0.3) is 44.2 Å². The molecule has 4 unspecified atom stereocenters. The summed E-state index contributed by atoms with van der Waals surface area (Å²) >= 11 is 0. The maximum atomic E-state index is 6.44. The molecule has 0 amide bonds. The highest BCUT2D eigenvalue weighted by molar-refractivity contribution is 6.09. The van der Waals surface area contributed by atoms with Gasteiger partial charge in [0.1, 0.15) is 11.2 Å². The molecule has 2 nitrogen and oxygen atoms in total. The van der Waals surface area contributed by atoms with Crippen LogP contribution in [0.15, 0.2) is 211 Å². The lowest BCUT2D eigenvalue weighted by atomic mass is 9.58. The minimum atomic E-state index is -0.139. The van der Waals surface area contributed by atoms with Gasteiger partial charge in [0.2, 0.25) is 0 Å². The summed E-state index contributed by atoms with van der Waals surface area (Å²) in [6, 6.07) is 62.3. The molecule has 0 bridgehead atoms. The summed E-state index contributed by atoms with van der Waals surface area (Å²) in [5.41, 5.74) is 14.2. The van der Waals surface area contributed by atoms with Crippen LogP contribution >= 0.6 is 0 Å². The third-order valence-electron chi connectivity index (χ3n) is 13.0. The Morgan fingerprint density at radius 1 is 0.526 bits per heavy atom. The van der Waals surface area contributed by atoms with Gasteiger partial charge in [-0.3, -0.25) is 0 Å². The molecule has 2 heteroatoms. The monoisotopic (exact) mass is 733 g/mol. The zero-order chi connectivity index (χ0) is 37.8. The quantitative estimate of drug-likeness (QED) is 0.152. The van der Waals surface area contributed by atoms with Gasteiger partial charge in [-0.05, 0) is 113 Å². The van der Waals surface area contributed by atoms with Crippen LogP contribution < -0.4 is 4.90 Å². The molecule has 57 heavy (non-hydrogen) atoms. The van der Waals surface area contributed by atoms with E-state index in [-0.39, 0.29) is 5.41 Å². The lowest BCUT2D eigenvalue weighted by Gasteiger charge is -2.44. The predicted molar refractivity (Wildman–Crippen MR) is 237 cm³/mol. The van der Waals surface area contributed by atoms with Crippen LogP contribution in [0.5, 0.6) is 0 Å². The summed E-state index contributed by atoms with van der Waals surface area (Å²) in [4.78, 5) is 2.39. The smallest absolute Gasteiger partial charge is 0.143 e. The van der Waals surface area contributed by atoms with Crippen LogP contribution in [-0.4, -0.2) is 0 Å². The second-order valence-electron chi connectivity index (χ2n) is 15.9. The van der Waals surface area contributed by atoms with Gasteiger partial charge in [-0.15, -0.1) is 0 Å². The third-order valence-corrected chi connectivity index (χ3v) is 13.0. The van der Waals surface area contributed by atoms with Crippen LogP contribution in [-0.2, 0) is 5.41 Å². The van der Waals surface area contributed by atoms with E-state index in [2.05, 4.69) is 205 Å². The van der Waals surface area contributed by atoms with E-state index in [9.17, 15) is 0 Å². The lowest BCUT2D eigenvalue weighted by Crippen LogP contribution is -2.41. The Morgan fingerprint density at radius 2 is 1.19 bits per heavy atom. The van der Waals surface area contributed by atoms with Crippen LogP contribution in [0.3, 0.4) is 0 Å². The van der Waals surface area contributed by atoms with Crippen LogP contribution in [0, 0.1) is 11.8 Å². The molecule has 0 aliphatic heterocycles. The van der Waals surface area contributed by atoms with E-state index in [0.29, 0.717) is 17.8 Å². The Kier molecular flexibility index (Phi) is 8.17. The van der Waals surface area contributed by atoms with Gasteiger partial charge < -0.3 is 9.32 Å². The first-order valence-electron chi connectivity index (χ1n) is 20.4. The van der Waals surface area contributed by atoms with Gasteiger partial charge in [0.25, 0.3) is 0 Å². The van der Waals surface area contributed by atoms with Crippen molar-refractivity contribution in [1.82, 2.24) is 0 Å². The first kappa shape index (κ1) is 33.7. The molecule has 8 aromatic rings. The molecular formula is C55H43NO. The fourth-order valence-corrected chi connectivity index (χ4v) is 10.5. The highest BCUT2D eigenvalue weighted by Gasteiger charge is 2.55. The normalized spacial score (nSPS) is 20.8. The van der Waals surface area contributed by atoms with Crippen molar-refractivity contribution in [2.24, 2.45) is 11.8 Å². The van der Waals surface area contributed by atoms with Crippen molar-refractivity contribution in [1.29, 1.82) is 0 Å². The van der Waals surface area contributed by atoms with E-state index in [1.807, 2.05) is 6.07 Å². The Morgan fingerprint density at radius 3 is 1.96 bits per heavy atom. The molecule has 0 radical (unpaired) electrons. The highest BCUT2D eigenvalue weighted by Crippen LogP contribution is 2.62. The van der Waals surface area contributed by atoms with Gasteiger partial charge >= 0.3 is 0 Å². The minimum absolute atomic E-state index is 0.139. The molecule has 4 atom stereocenters. The van der Waals surface area contributed by atoms with Crippen LogP contribution in [0.2, 0.25) is 0 Å². The molecule has 11 rings (SSSR count). The number of hydrogen-bond acceptors (Lipinski definition) is 2. The molecule has 274 valence electrons. The van der Waals surface area contributed by atoms with Gasteiger partial charge in [0.15, 0.2) is 0 Å². The summed E-state index contributed by atoms with van der Waals surface area (Å²) in [5.74, 6) is 1.33. The Bertz CT molecular complexity index is 2820. The van der Waals surface area contributed by atoms with Gasteiger partial charge in [-0.25, -0.2) is 0 Å². The number of benzene rings is 7. The Hall–Kier alpha value is -6.64. The second-order valence-corrected chi connectivity index (χ2v) is 15.9. The van der Waals surface area contributed by atoms with Crippen molar-refractivity contribution in [2.45, 2.75) is 30.6 Å². The number of furan rings is 1. The number of para-hydroxylation sites is 2. The Labute approximate surface area is 334 Å². The van der Waals surface area contributed by atoms with E-state index in [4.69, 9.17) is 4.42 Å². The number of fused-ring (bicyclic) bond motifs is 6. The van der Waals surface area contributed by atoms with E-state index >= 15 is 0 Å². The molecule has 0 spiro atoms. The van der Waals surface area contributed by atoms with Crippen molar-refractivity contribution in [3.63, 3.8) is 0 Å². The molecule has 0 saturated heterocycles. The fourth-order valence-electron chi connectivity index (χ4n) is 10.5. The first-order valence-corrected chi connectivity index (χ1v) is 20.4. The Balaban J connectivity index is 1.03. The summed E-state index contributed by atoms with van der Waals surface area (Å²) in [5, 5.41) is 2.29. The molecule has 0 fully saturated rings. The highest BCUT2D eigenvalue weighted by atomic mass is 16.3. The average Bonchev–Trinajstić information content (AvgIpc) is 3.82. The number of rotatable bonds is 7. The van der Waals surface area contributed by atoms with Gasteiger partial charge in [0, 0.05) is 38.8 Å². The first-order chi connectivity index (χ1) is 28.3. The van der Waals surface area contributed by atoms with Crippen LogP contribution in [0.1, 0.15) is 41.9 Å². The third kappa shape index (κ3) is 5.46. The van der Waals surface area contributed by atoms with E-state index in [1.165, 1.54) is 34.2 Å². The average molecular weight is 734 g/mol. The minimum Gasteiger partial charge on any atom is -0.455 e. The molecule has 1 heterocycles. The predicted octanol–water partition coefficient (Wildman–Crippen LogP) is 14.9. The second kappa shape index (κ2) is 13.8. The van der Waals surface area contributed by atoms with Gasteiger partial charge in [-0.2, -0.15) is 0 Å². The summed E-state index contributed by atoms with van der Waals surface area (Å²) < 4.78 is 6.44. The van der Waals surface area contributed by atoms with Crippen LogP contribution in [0.4, 0.5) is 17.1 Å². The van der Waals surface area contributed by atoms with Gasteiger partial charge in [0.05, 0.1) is 0 Å². The maximum Gasteiger partial charge on any atom is 0.143 e. The SMILES string of the molecule is C1=CCC(C2(c3ccc(N(c4ccc(-c5ccccc5)cc4)c4ccc(-c5cccc6c5oc5ccccc56)cc4)cc3)c3ccccc3C3CCC=CC32)C=C1. The zero-order valence-corrected chi connectivity index (χ0v) is 31.8. The molecule has 0 N–H and O–H groups in total. The van der Waals surface area contributed by atoms with Crippen molar-refractivity contribution < 1.29 is 4.42 Å². The topological polar surface area (TPSA) is 16.4 Å². The maximum absolute atomic E-state index is 6.44. The summed E-state index contributed by atoms with van der Waals surface area (Å²) in [7, 11) is 0. The fraction of sp³-hybridized carbons (Fsp3) is 0.127.